The van der Waals surface area contributed by atoms with E-state index in [0.29, 0.717) is 25.0 Å². The highest BCUT2D eigenvalue weighted by molar-refractivity contribution is 5.85. The molecule has 6 heteroatoms. The van der Waals surface area contributed by atoms with Crippen LogP contribution in [0.4, 0.5) is 0 Å². The van der Waals surface area contributed by atoms with E-state index in [4.69, 9.17) is 5.73 Å². The van der Waals surface area contributed by atoms with Crippen molar-refractivity contribution in [3.05, 3.63) is 0 Å². The topological polar surface area (TPSA) is 78.7 Å². The molecule has 3 N–H and O–H groups in total. The highest BCUT2D eigenvalue weighted by atomic mass is 16.2. The van der Waals surface area contributed by atoms with Gasteiger partial charge in [0.1, 0.15) is 0 Å². The van der Waals surface area contributed by atoms with Crippen LogP contribution < -0.4 is 11.1 Å². The first-order valence-electron chi connectivity index (χ1n) is 7.54. The number of carbonyl (C=O) groups excluding carboxylic acids is 2. The molecular formula is C14H26N4O2. The van der Waals surface area contributed by atoms with Crippen molar-refractivity contribution in [2.75, 3.05) is 39.8 Å². The van der Waals surface area contributed by atoms with Crippen molar-refractivity contribution in [1.82, 2.24) is 15.1 Å². The molecule has 0 aromatic rings. The zero-order valence-electron chi connectivity index (χ0n) is 12.3. The second kappa shape index (κ2) is 7.04. The summed E-state index contributed by atoms with van der Waals surface area (Å²) < 4.78 is 0. The first-order chi connectivity index (χ1) is 9.58. The minimum Gasteiger partial charge on any atom is -0.352 e. The molecular weight excluding hydrogens is 256 g/mol. The van der Waals surface area contributed by atoms with Crippen molar-refractivity contribution in [1.29, 1.82) is 0 Å². The molecule has 1 atom stereocenters. The maximum Gasteiger partial charge on any atom is 0.239 e. The van der Waals surface area contributed by atoms with Crippen LogP contribution in [-0.4, -0.2) is 67.4 Å². The molecule has 2 aliphatic rings. The average molecular weight is 282 g/mol. The van der Waals surface area contributed by atoms with Crippen molar-refractivity contribution < 1.29 is 9.59 Å². The van der Waals surface area contributed by atoms with E-state index in [9.17, 15) is 9.59 Å². The van der Waals surface area contributed by atoms with Gasteiger partial charge in [0, 0.05) is 19.6 Å². The van der Waals surface area contributed by atoms with Gasteiger partial charge in [-0.3, -0.25) is 14.5 Å². The molecule has 1 unspecified atom stereocenters. The Bertz CT molecular complexity index is 357. The van der Waals surface area contributed by atoms with E-state index in [1.807, 2.05) is 0 Å². The molecule has 114 valence electrons. The number of carbonyl (C=O) groups is 2. The molecule has 0 radical (unpaired) electrons. The second-order valence-corrected chi connectivity index (χ2v) is 6.07. The van der Waals surface area contributed by atoms with E-state index in [1.54, 1.807) is 7.05 Å². The Hall–Kier alpha value is -1.14. The summed E-state index contributed by atoms with van der Waals surface area (Å²) in [6.07, 6.45) is 4.39. The average Bonchev–Trinajstić information content (AvgIpc) is 3.22. The van der Waals surface area contributed by atoms with Crippen molar-refractivity contribution in [2.45, 2.75) is 31.7 Å². The van der Waals surface area contributed by atoms with Crippen LogP contribution in [-0.2, 0) is 9.59 Å². The summed E-state index contributed by atoms with van der Waals surface area (Å²) in [6.45, 7) is 3.08. The van der Waals surface area contributed by atoms with Gasteiger partial charge in [-0.25, -0.2) is 0 Å². The fourth-order valence-corrected chi connectivity index (χ4v) is 2.60. The first-order valence-corrected chi connectivity index (χ1v) is 7.54. The number of nitrogens with two attached hydrogens (primary N) is 1. The number of rotatable bonds is 6. The minimum atomic E-state index is -0.0539. The molecule has 0 bridgehead atoms. The van der Waals surface area contributed by atoms with E-state index in [2.05, 4.69) is 10.2 Å². The van der Waals surface area contributed by atoms with Gasteiger partial charge < -0.3 is 16.0 Å². The zero-order chi connectivity index (χ0) is 14.5. The Morgan fingerprint density at radius 2 is 2.10 bits per heavy atom. The van der Waals surface area contributed by atoms with Crippen molar-refractivity contribution in [3.63, 3.8) is 0 Å². The molecule has 2 rings (SSSR count). The molecule has 1 aliphatic heterocycles. The van der Waals surface area contributed by atoms with Gasteiger partial charge in [-0.1, -0.05) is 0 Å². The standard InChI is InChI=1S/C14H26N4O2/c1-17(9-13(19)16-12-4-5-12)14(20)10-18-6-2-3-11(7-15)8-18/h11-12H,2-10,15H2,1H3,(H,16,19). The number of piperidine rings is 1. The highest BCUT2D eigenvalue weighted by Gasteiger charge is 2.25. The number of likely N-dealkylation sites (tertiary alicyclic amines) is 1. The highest BCUT2D eigenvalue weighted by Crippen LogP contribution is 2.18. The number of hydrogen-bond acceptors (Lipinski definition) is 4. The predicted molar refractivity (Wildman–Crippen MR) is 77.0 cm³/mol. The maximum absolute atomic E-state index is 12.1. The fraction of sp³-hybridized carbons (Fsp3) is 0.857. The van der Waals surface area contributed by atoms with Crippen LogP contribution in [0.15, 0.2) is 0 Å². The molecule has 2 amide bonds. The molecule has 2 fully saturated rings. The fourth-order valence-electron chi connectivity index (χ4n) is 2.60. The molecule has 0 aromatic heterocycles. The third-order valence-electron chi connectivity index (χ3n) is 4.04. The summed E-state index contributed by atoms with van der Waals surface area (Å²) in [4.78, 5) is 27.4. The van der Waals surface area contributed by atoms with E-state index in [0.717, 1.165) is 38.8 Å². The second-order valence-electron chi connectivity index (χ2n) is 6.07. The van der Waals surface area contributed by atoms with Crippen LogP contribution in [0.1, 0.15) is 25.7 Å². The zero-order valence-corrected chi connectivity index (χ0v) is 12.3. The maximum atomic E-state index is 12.1. The Morgan fingerprint density at radius 3 is 2.75 bits per heavy atom. The van der Waals surface area contributed by atoms with Gasteiger partial charge in [-0.15, -0.1) is 0 Å². The van der Waals surface area contributed by atoms with Crippen LogP contribution in [0.2, 0.25) is 0 Å². The Balaban J connectivity index is 1.70. The molecule has 1 saturated carbocycles. The van der Waals surface area contributed by atoms with E-state index >= 15 is 0 Å². The quantitative estimate of drug-likeness (QED) is 0.681. The molecule has 1 heterocycles. The Kier molecular flexibility index (Phi) is 5.37. The molecule has 0 spiro atoms. The van der Waals surface area contributed by atoms with Crippen molar-refractivity contribution >= 4 is 11.8 Å². The van der Waals surface area contributed by atoms with Gasteiger partial charge in [-0.2, -0.15) is 0 Å². The van der Waals surface area contributed by atoms with Gasteiger partial charge in [0.2, 0.25) is 11.8 Å². The van der Waals surface area contributed by atoms with E-state index < -0.39 is 0 Å². The minimum absolute atomic E-state index is 0.00798. The lowest BCUT2D eigenvalue weighted by Gasteiger charge is -2.32. The van der Waals surface area contributed by atoms with Crippen molar-refractivity contribution in [3.8, 4) is 0 Å². The normalized spacial score (nSPS) is 23.4. The Morgan fingerprint density at radius 1 is 1.35 bits per heavy atom. The van der Waals surface area contributed by atoms with Gasteiger partial charge in [0.25, 0.3) is 0 Å². The molecule has 1 saturated heterocycles. The summed E-state index contributed by atoms with van der Waals surface area (Å²) in [7, 11) is 1.69. The molecule has 20 heavy (non-hydrogen) atoms. The number of amides is 2. The summed E-state index contributed by atoms with van der Waals surface area (Å²) >= 11 is 0. The lowest BCUT2D eigenvalue weighted by molar-refractivity contribution is -0.136. The number of likely N-dealkylation sites (N-methyl/N-ethyl adjacent to an activating group) is 1. The van der Waals surface area contributed by atoms with E-state index in [-0.39, 0.29) is 18.4 Å². The number of hydrogen-bond donors (Lipinski definition) is 2. The summed E-state index contributed by atoms with van der Waals surface area (Å²) in [5, 5.41) is 2.90. The largest absolute Gasteiger partial charge is 0.352 e. The SMILES string of the molecule is CN(CC(=O)NC1CC1)C(=O)CN1CCCC(CN)C1. The van der Waals surface area contributed by atoms with E-state index in [1.165, 1.54) is 4.90 Å². The van der Waals surface area contributed by atoms with Crippen LogP contribution in [0.5, 0.6) is 0 Å². The predicted octanol–water partition coefficient (Wildman–Crippen LogP) is -0.606. The lowest BCUT2D eigenvalue weighted by atomic mass is 9.98. The van der Waals surface area contributed by atoms with Crippen LogP contribution >= 0.6 is 0 Å². The first kappa shape index (κ1) is 15.3. The third-order valence-corrected chi connectivity index (χ3v) is 4.04. The third kappa shape index (κ3) is 4.76. The Labute approximate surface area is 120 Å². The van der Waals surface area contributed by atoms with Crippen LogP contribution in [0.25, 0.3) is 0 Å². The summed E-state index contributed by atoms with van der Waals surface area (Å²) in [5.74, 6) is 0.454. The lowest BCUT2D eigenvalue weighted by Crippen LogP contribution is -2.46. The molecule has 1 aliphatic carbocycles. The number of nitrogens with zero attached hydrogens (tertiary/aromatic N) is 2. The summed E-state index contributed by atoms with van der Waals surface area (Å²) in [5.41, 5.74) is 5.70. The molecule has 6 nitrogen and oxygen atoms in total. The molecule has 0 aromatic carbocycles. The van der Waals surface area contributed by atoms with Gasteiger partial charge >= 0.3 is 0 Å². The number of nitrogens with one attached hydrogen (secondary N) is 1. The van der Waals surface area contributed by atoms with Crippen LogP contribution in [0, 0.1) is 5.92 Å². The summed E-state index contributed by atoms with van der Waals surface area (Å²) in [6, 6.07) is 0.346. The van der Waals surface area contributed by atoms with Gasteiger partial charge in [0.05, 0.1) is 13.1 Å². The monoisotopic (exact) mass is 282 g/mol. The van der Waals surface area contributed by atoms with Crippen molar-refractivity contribution in [2.24, 2.45) is 11.7 Å². The van der Waals surface area contributed by atoms with Gasteiger partial charge in [-0.05, 0) is 44.7 Å². The smallest absolute Gasteiger partial charge is 0.239 e. The van der Waals surface area contributed by atoms with Gasteiger partial charge in [0.15, 0.2) is 0 Å². The van der Waals surface area contributed by atoms with Crippen LogP contribution in [0.3, 0.4) is 0 Å².